The van der Waals surface area contributed by atoms with Gasteiger partial charge in [-0.2, -0.15) is 0 Å². The quantitative estimate of drug-likeness (QED) is 0.198. The molecule has 0 spiro atoms. The smallest absolute Gasteiger partial charge is 0.337 e. The molecule has 3 heterocycles. The predicted octanol–water partition coefficient (Wildman–Crippen LogP) is -0.246. The number of carbonyl (C=O) groups excluding carboxylic acids is 3. The van der Waals surface area contributed by atoms with Gasteiger partial charge in [-0.25, -0.2) is 9.59 Å². The number of hydrogen-bond donors (Lipinski definition) is 4. The van der Waals surface area contributed by atoms with E-state index in [9.17, 15) is 34.8 Å². The van der Waals surface area contributed by atoms with Crippen LogP contribution in [0.5, 0.6) is 5.75 Å². The zero-order chi connectivity index (χ0) is 28.3. The molecule has 4 rings (SSSR count). The molecule has 3 aliphatic rings. The second-order valence-corrected chi connectivity index (χ2v) is 9.36. The Morgan fingerprint density at radius 1 is 1.08 bits per heavy atom. The molecule has 212 valence electrons. The van der Waals surface area contributed by atoms with Crippen LogP contribution in [-0.2, 0) is 42.8 Å². The molecule has 2 saturated heterocycles. The molecule has 13 heteroatoms. The zero-order valence-electron chi connectivity index (χ0n) is 21.1. The minimum absolute atomic E-state index is 0.0729. The first-order valence-electron chi connectivity index (χ1n) is 12.2. The lowest BCUT2D eigenvalue weighted by molar-refractivity contribution is -0.346. The topological polar surface area (TPSA) is 188 Å². The Morgan fingerprint density at radius 2 is 1.79 bits per heavy atom. The number of rotatable bonds is 7. The Kier molecular flexibility index (Phi) is 8.87. The van der Waals surface area contributed by atoms with Gasteiger partial charge in [-0.15, -0.1) is 0 Å². The van der Waals surface area contributed by atoms with Crippen molar-refractivity contribution >= 4 is 24.0 Å². The van der Waals surface area contributed by atoms with Gasteiger partial charge in [-0.3, -0.25) is 4.79 Å². The van der Waals surface area contributed by atoms with Crippen molar-refractivity contribution < 1.29 is 63.2 Å². The average molecular weight is 551 g/mol. The van der Waals surface area contributed by atoms with E-state index in [-0.39, 0.29) is 17.7 Å². The van der Waals surface area contributed by atoms with Gasteiger partial charge in [-0.1, -0.05) is 12.1 Å². The lowest BCUT2D eigenvalue weighted by Gasteiger charge is -2.45. The van der Waals surface area contributed by atoms with Crippen LogP contribution in [0, 0.1) is 11.8 Å². The van der Waals surface area contributed by atoms with Gasteiger partial charge in [-0.05, 0) is 30.7 Å². The SMILES string of the molecule is COC(=O)C1=CO[C@@H](O[C@@H]2O[C@H](COC(=O)/C=C\c3ccc(O)cc3)[C@H](O)[C@H](O)[C@H]2O)C2C(C)OC(=O)CC12. The number of benzene rings is 1. The lowest BCUT2D eigenvalue weighted by atomic mass is 9.77. The number of methoxy groups -OCH3 is 1. The monoisotopic (exact) mass is 550 g/mol. The highest BCUT2D eigenvalue weighted by Gasteiger charge is 2.52. The van der Waals surface area contributed by atoms with E-state index in [1.807, 2.05) is 0 Å². The van der Waals surface area contributed by atoms with Crippen LogP contribution in [0.3, 0.4) is 0 Å². The summed E-state index contributed by atoms with van der Waals surface area (Å²) in [6.45, 7) is 1.11. The molecular formula is C26H30O13. The van der Waals surface area contributed by atoms with E-state index in [1.54, 1.807) is 19.1 Å². The van der Waals surface area contributed by atoms with Gasteiger partial charge in [0.25, 0.3) is 0 Å². The van der Waals surface area contributed by atoms with Crippen LogP contribution in [0.1, 0.15) is 18.9 Å². The third kappa shape index (κ3) is 6.40. The van der Waals surface area contributed by atoms with Crippen LogP contribution in [0.15, 0.2) is 42.2 Å². The number of aliphatic hydroxyl groups is 3. The van der Waals surface area contributed by atoms with Gasteiger partial charge in [0.15, 0.2) is 6.29 Å². The van der Waals surface area contributed by atoms with Crippen molar-refractivity contribution in [3.8, 4) is 5.75 Å². The fraction of sp³-hybridized carbons (Fsp3) is 0.500. The molecule has 0 radical (unpaired) electrons. The standard InChI is InChI=1S/C26H30O13/c1-12-20-15(9-19(29)37-12)16(24(33)34-2)10-36-25(20)39-26-23(32)22(31)21(30)17(38-26)11-35-18(28)8-5-13-3-6-14(27)7-4-13/h3-8,10,12,15,17,20-23,25-27,30-32H,9,11H2,1-2H3/b8-5-/t12?,15?,17-,20?,21+,22+,23-,25+,26+/m1/s1. The van der Waals surface area contributed by atoms with Crippen LogP contribution in [0.4, 0.5) is 0 Å². The Balaban J connectivity index is 1.42. The first-order valence-corrected chi connectivity index (χ1v) is 12.2. The number of carbonyl (C=O) groups is 3. The largest absolute Gasteiger partial charge is 0.508 e. The van der Waals surface area contributed by atoms with Gasteiger partial charge in [0.1, 0.15) is 42.9 Å². The van der Waals surface area contributed by atoms with Crippen molar-refractivity contribution in [1.29, 1.82) is 0 Å². The highest BCUT2D eigenvalue weighted by molar-refractivity contribution is 5.90. The molecule has 3 aliphatic heterocycles. The van der Waals surface area contributed by atoms with Crippen molar-refractivity contribution in [3.63, 3.8) is 0 Å². The number of esters is 3. The minimum Gasteiger partial charge on any atom is -0.508 e. The number of aromatic hydroxyl groups is 1. The maximum atomic E-state index is 12.2. The second kappa shape index (κ2) is 12.1. The number of fused-ring (bicyclic) bond motifs is 1. The van der Waals surface area contributed by atoms with Crippen LogP contribution >= 0.6 is 0 Å². The Labute approximate surface area is 223 Å². The lowest BCUT2D eigenvalue weighted by Crippen LogP contribution is -2.61. The Hall–Kier alpha value is -3.49. The van der Waals surface area contributed by atoms with E-state index in [1.165, 1.54) is 25.3 Å². The summed E-state index contributed by atoms with van der Waals surface area (Å²) in [6.07, 6.45) is -6.22. The summed E-state index contributed by atoms with van der Waals surface area (Å²) in [5.74, 6) is -3.26. The Morgan fingerprint density at radius 3 is 2.49 bits per heavy atom. The van der Waals surface area contributed by atoms with Crippen LogP contribution in [0.25, 0.3) is 6.08 Å². The highest BCUT2D eigenvalue weighted by Crippen LogP contribution is 2.41. The first kappa shape index (κ1) is 28.5. The second-order valence-electron chi connectivity index (χ2n) is 9.36. The number of hydrogen-bond acceptors (Lipinski definition) is 13. The summed E-state index contributed by atoms with van der Waals surface area (Å²) < 4.78 is 32.3. The van der Waals surface area contributed by atoms with Crippen LogP contribution in [-0.4, -0.2) is 95.2 Å². The molecule has 9 atom stereocenters. The molecule has 0 amide bonds. The molecule has 3 unspecified atom stereocenters. The van der Waals surface area contributed by atoms with E-state index < -0.39 is 79.5 Å². The average Bonchev–Trinajstić information content (AvgIpc) is 2.91. The molecule has 0 saturated carbocycles. The summed E-state index contributed by atoms with van der Waals surface area (Å²) in [7, 11) is 1.19. The maximum Gasteiger partial charge on any atom is 0.337 e. The first-order chi connectivity index (χ1) is 18.6. The molecule has 0 aromatic heterocycles. The van der Waals surface area contributed by atoms with Crippen LogP contribution in [0.2, 0.25) is 0 Å². The van der Waals surface area contributed by atoms with E-state index in [2.05, 4.69) is 0 Å². The molecule has 1 aromatic rings. The molecular weight excluding hydrogens is 520 g/mol. The fourth-order valence-electron chi connectivity index (χ4n) is 4.72. The van der Waals surface area contributed by atoms with Crippen LogP contribution < -0.4 is 0 Å². The third-order valence-corrected chi connectivity index (χ3v) is 6.81. The van der Waals surface area contributed by atoms with Crippen molar-refractivity contribution in [3.05, 3.63) is 47.7 Å². The van der Waals surface area contributed by atoms with E-state index in [4.69, 9.17) is 28.4 Å². The molecule has 2 fully saturated rings. The van der Waals surface area contributed by atoms with E-state index >= 15 is 0 Å². The molecule has 13 nitrogen and oxygen atoms in total. The van der Waals surface area contributed by atoms with Crippen molar-refractivity contribution in [2.75, 3.05) is 13.7 Å². The van der Waals surface area contributed by atoms with Gasteiger partial charge < -0.3 is 48.8 Å². The maximum absolute atomic E-state index is 12.2. The van der Waals surface area contributed by atoms with Gasteiger partial charge in [0, 0.05) is 12.0 Å². The van der Waals surface area contributed by atoms with E-state index in [0.717, 1.165) is 12.3 Å². The molecule has 4 N–H and O–H groups in total. The number of cyclic esters (lactones) is 1. The molecule has 1 aromatic carbocycles. The number of phenols is 1. The van der Waals surface area contributed by atoms with Gasteiger partial charge >= 0.3 is 17.9 Å². The minimum atomic E-state index is -1.72. The van der Waals surface area contributed by atoms with Crippen molar-refractivity contribution in [2.24, 2.45) is 11.8 Å². The summed E-state index contributed by atoms with van der Waals surface area (Å²) in [4.78, 5) is 36.4. The normalized spacial score (nSPS) is 34.3. The Bertz CT molecular complexity index is 1110. The molecule has 39 heavy (non-hydrogen) atoms. The predicted molar refractivity (Wildman–Crippen MR) is 128 cm³/mol. The van der Waals surface area contributed by atoms with E-state index in [0.29, 0.717) is 5.56 Å². The fourth-order valence-corrected chi connectivity index (χ4v) is 4.72. The summed E-state index contributed by atoms with van der Waals surface area (Å²) >= 11 is 0. The summed E-state index contributed by atoms with van der Waals surface area (Å²) in [6, 6.07) is 6.07. The number of phenolic OH excluding ortho intramolecular Hbond substituents is 1. The van der Waals surface area contributed by atoms with Crippen molar-refractivity contribution in [1.82, 2.24) is 0 Å². The van der Waals surface area contributed by atoms with Gasteiger partial charge in [0.2, 0.25) is 6.29 Å². The highest BCUT2D eigenvalue weighted by atomic mass is 16.8. The summed E-state index contributed by atoms with van der Waals surface area (Å²) in [5.41, 5.74) is 0.750. The molecule has 0 bridgehead atoms. The summed E-state index contributed by atoms with van der Waals surface area (Å²) in [5, 5.41) is 40.6. The zero-order valence-corrected chi connectivity index (χ0v) is 21.1. The molecule has 0 aliphatic carbocycles. The third-order valence-electron chi connectivity index (χ3n) is 6.81. The number of aliphatic hydroxyl groups excluding tert-OH is 3. The van der Waals surface area contributed by atoms with Gasteiger partial charge in [0.05, 0.1) is 31.3 Å². The number of ether oxygens (including phenoxy) is 6. The van der Waals surface area contributed by atoms with Crippen molar-refractivity contribution in [2.45, 2.75) is 56.4 Å².